The number of hydrogen-bond acceptors (Lipinski definition) is 7. The van der Waals surface area contributed by atoms with E-state index in [-0.39, 0.29) is 6.04 Å². The van der Waals surface area contributed by atoms with Gasteiger partial charge in [-0.3, -0.25) is 4.90 Å². The van der Waals surface area contributed by atoms with E-state index in [0.717, 1.165) is 61.2 Å². The van der Waals surface area contributed by atoms with Crippen molar-refractivity contribution < 1.29 is 9.47 Å². The Morgan fingerprint density at radius 3 is 2.06 bits per heavy atom. The van der Waals surface area contributed by atoms with Crippen molar-refractivity contribution in [1.29, 1.82) is 0 Å². The van der Waals surface area contributed by atoms with Crippen LogP contribution in [0.2, 0.25) is 0 Å². The number of rotatable bonds is 8. The van der Waals surface area contributed by atoms with E-state index in [2.05, 4.69) is 44.4 Å². The Morgan fingerprint density at radius 1 is 0.871 bits per heavy atom. The summed E-state index contributed by atoms with van der Waals surface area (Å²) in [6.45, 7) is 7.93. The molecule has 0 spiro atoms. The molecule has 0 N–H and O–H groups in total. The molecule has 0 amide bonds. The Labute approximate surface area is 183 Å². The van der Waals surface area contributed by atoms with E-state index in [9.17, 15) is 0 Å². The van der Waals surface area contributed by atoms with E-state index in [1.807, 2.05) is 41.1 Å². The summed E-state index contributed by atoms with van der Waals surface area (Å²) >= 11 is 0. The molecule has 1 saturated heterocycles. The number of likely N-dealkylation sites (N-methyl/N-ethyl adjacent to an activating group) is 1. The van der Waals surface area contributed by atoms with Gasteiger partial charge >= 0.3 is 0 Å². The van der Waals surface area contributed by atoms with Crippen LogP contribution >= 0.6 is 0 Å². The van der Waals surface area contributed by atoms with E-state index in [0.29, 0.717) is 6.54 Å². The molecule has 0 aliphatic carbocycles. The monoisotopic (exact) mass is 422 g/mol. The Kier molecular flexibility index (Phi) is 6.79. The van der Waals surface area contributed by atoms with Crippen LogP contribution < -0.4 is 9.47 Å². The number of methoxy groups -OCH3 is 2. The molecule has 0 unspecified atom stereocenters. The highest BCUT2D eigenvalue weighted by Gasteiger charge is 2.30. The lowest BCUT2D eigenvalue weighted by molar-refractivity contribution is 0.108. The minimum atomic E-state index is -0.0156. The van der Waals surface area contributed by atoms with Gasteiger partial charge in [0.15, 0.2) is 5.82 Å². The summed E-state index contributed by atoms with van der Waals surface area (Å²) in [5, 5.41) is 12.8. The molecule has 2 aromatic carbocycles. The Morgan fingerprint density at radius 2 is 1.48 bits per heavy atom. The van der Waals surface area contributed by atoms with Crippen LogP contribution in [0.4, 0.5) is 0 Å². The summed E-state index contributed by atoms with van der Waals surface area (Å²) in [6.07, 6.45) is 0. The summed E-state index contributed by atoms with van der Waals surface area (Å²) in [6, 6.07) is 16.2. The minimum absolute atomic E-state index is 0.0156. The van der Waals surface area contributed by atoms with Crippen molar-refractivity contribution in [3.8, 4) is 11.5 Å². The van der Waals surface area contributed by atoms with E-state index >= 15 is 0 Å². The molecule has 31 heavy (non-hydrogen) atoms. The molecule has 8 nitrogen and oxygen atoms in total. The van der Waals surface area contributed by atoms with Crippen LogP contribution in [0.25, 0.3) is 0 Å². The highest BCUT2D eigenvalue weighted by atomic mass is 16.5. The van der Waals surface area contributed by atoms with Crippen LogP contribution in [0.15, 0.2) is 48.5 Å². The van der Waals surface area contributed by atoms with Gasteiger partial charge in [-0.15, -0.1) is 5.10 Å². The van der Waals surface area contributed by atoms with E-state index in [4.69, 9.17) is 9.47 Å². The van der Waals surface area contributed by atoms with Crippen molar-refractivity contribution in [2.45, 2.75) is 19.5 Å². The lowest BCUT2D eigenvalue weighted by Gasteiger charge is -2.38. The van der Waals surface area contributed by atoms with Gasteiger partial charge in [0.05, 0.1) is 26.8 Å². The summed E-state index contributed by atoms with van der Waals surface area (Å²) in [5.74, 6) is 2.53. The third-order valence-corrected chi connectivity index (χ3v) is 5.95. The van der Waals surface area contributed by atoms with Gasteiger partial charge in [0, 0.05) is 26.2 Å². The highest BCUT2D eigenvalue weighted by Crippen LogP contribution is 2.29. The van der Waals surface area contributed by atoms with Crippen molar-refractivity contribution in [2.75, 3.05) is 46.9 Å². The summed E-state index contributed by atoms with van der Waals surface area (Å²) in [5.41, 5.74) is 2.29. The number of tetrazole rings is 1. The summed E-state index contributed by atoms with van der Waals surface area (Å²) in [7, 11) is 3.36. The van der Waals surface area contributed by atoms with Crippen LogP contribution in [0, 0.1) is 0 Å². The fourth-order valence-electron chi connectivity index (χ4n) is 4.07. The SMILES string of the molecule is CCN1CCN([C@@H](c2ccc(OC)cc2)c2nnnn2Cc2ccc(OC)cc2)CC1. The molecule has 4 rings (SSSR count). The van der Waals surface area contributed by atoms with Crippen molar-refractivity contribution in [3.05, 3.63) is 65.5 Å². The average molecular weight is 423 g/mol. The number of piperazine rings is 1. The largest absolute Gasteiger partial charge is 0.497 e. The van der Waals surface area contributed by atoms with Crippen LogP contribution in [0.3, 0.4) is 0 Å². The molecule has 1 fully saturated rings. The van der Waals surface area contributed by atoms with E-state index in [1.54, 1.807) is 14.2 Å². The van der Waals surface area contributed by atoms with Gasteiger partial charge in [-0.25, -0.2) is 4.68 Å². The second-order valence-electron chi connectivity index (χ2n) is 7.69. The predicted octanol–water partition coefficient (Wildman–Crippen LogP) is 2.47. The van der Waals surface area contributed by atoms with Crippen molar-refractivity contribution in [2.24, 2.45) is 0 Å². The maximum absolute atomic E-state index is 5.36. The van der Waals surface area contributed by atoms with Crippen molar-refractivity contribution in [3.63, 3.8) is 0 Å². The molecule has 0 bridgehead atoms. The fourth-order valence-corrected chi connectivity index (χ4v) is 4.07. The Balaban J connectivity index is 1.64. The van der Waals surface area contributed by atoms with Crippen molar-refractivity contribution >= 4 is 0 Å². The first-order valence-electron chi connectivity index (χ1n) is 10.7. The van der Waals surface area contributed by atoms with Gasteiger partial charge in [-0.1, -0.05) is 31.2 Å². The van der Waals surface area contributed by atoms with Crippen LogP contribution in [0.5, 0.6) is 11.5 Å². The molecule has 8 heteroatoms. The lowest BCUT2D eigenvalue weighted by Crippen LogP contribution is -2.48. The average Bonchev–Trinajstić information content (AvgIpc) is 3.28. The Bertz CT molecular complexity index is 949. The molecule has 0 saturated carbocycles. The molecule has 0 radical (unpaired) electrons. The molecule has 2 heterocycles. The molecule has 1 aromatic heterocycles. The number of aromatic nitrogens is 4. The lowest BCUT2D eigenvalue weighted by atomic mass is 10.0. The number of benzene rings is 2. The molecule has 164 valence electrons. The second-order valence-corrected chi connectivity index (χ2v) is 7.69. The molecule has 1 atom stereocenters. The molecule has 1 aliphatic rings. The van der Waals surface area contributed by atoms with Gasteiger partial charge in [0.2, 0.25) is 0 Å². The van der Waals surface area contributed by atoms with Crippen LogP contribution in [-0.4, -0.2) is 77.0 Å². The fraction of sp³-hybridized carbons (Fsp3) is 0.435. The van der Waals surface area contributed by atoms with Crippen LogP contribution in [-0.2, 0) is 6.54 Å². The van der Waals surface area contributed by atoms with E-state index in [1.165, 1.54) is 0 Å². The van der Waals surface area contributed by atoms with Gasteiger partial charge in [0.1, 0.15) is 11.5 Å². The first kappa shape index (κ1) is 21.3. The van der Waals surface area contributed by atoms with Gasteiger partial charge in [-0.2, -0.15) is 0 Å². The molecular weight excluding hydrogens is 392 g/mol. The van der Waals surface area contributed by atoms with Crippen molar-refractivity contribution in [1.82, 2.24) is 30.0 Å². The number of ether oxygens (including phenoxy) is 2. The van der Waals surface area contributed by atoms with Gasteiger partial charge < -0.3 is 14.4 Å². The predicted molar refractivity (Wildman–Crippen MR) is 118 cm³/mol. The maximum atomic E-state index is 5.36. The zero-order chi connectivity index (χ0) is 21.6. The Hall–Kier alpha value is -2.97. The normalized spacial score (nSPS) is 16.2. The smallest absolute Gasteiger partial charge is 0.173 e. The summed E-state index contributed by atoms with van der Waals surface area (Å²) in [4.78, 5) is 4.95. The van der Waals surface area contributed by atoms with Gasteiger partial charge in [-0.05, 0) is 52.4 Å². The number of nitrogens with zero attached hydrogens (tertiary/aromatic N) is 6. The van der Waals surface area contributed by atoms with Gasteiger partial charge in [0.25, 0.3) is 0 Å². The third-order valence-electron chi connectivity index (χ3n) is 5.95. The zero-order valence-electron chi connectivity index (χ0n) is 18.4. The molecular formula is C23H30N6O2. The minimum Gasteiger partial charge on any atom is -0.497 e. The zero-order valence-corrected chi connectivity index (χ0v) is 18.4. The maximum Gasteiger partial charge on any atom is 0.173 e. The molecule has 3 aromatic rings. The summed E-state index contributed by atoms with van der Waals surface area (Å²) < 4.78 is 12.5. The molecule has 1 aliphatic heterocycles. The highest BCUT2D eigenvalue weighted by molar-refractivity contribution is 5.32. The first-order valence-corrected chi connectivity index (χ1v) is 10.7. The topological polar surface area (TPSA) is 68.5 Å². The van der Waals surface area contributed by atoms with E-state index < -0.39 is 0 Å². The third kappa shape index (κ3) is 4.86. The second kappa shape index (κ2) is 9.89. The number of hydrogen-bond donors (Lipinski definition) is 0. The standard InChI is InChI=1S/C23H30N6O2/c1-4-27-13-15-28(16-14-27)22(19-7-11-21(31-3)12-8-19)23-24-25-26-29(23)17-18-5-9-20(30-2)10-6-18/h5-12,22H,4,13-17H2,1-3H3/t22-/m0/s1. The first-order chi connectivity index (χ1) is 15.2. The quantitative estimate of drug-likeness (QED) is 0.552. The van der Waals surface area contributed by atoms with Crippen LogP contribution in [0.1, 0.15) is 29.9 Å².